The SMILES string of the molecule is COc1ccc(C)cc1C1(CNC(C(=O)Nc2ccc(C)cc2)c2ccccc2)CCOCC1. The molecule has 1 aliphatic rings. The van der Waals surface area contributed by atoms with Crippen LogP contribution in [0.25, 0.3) is 0 Å². The van der Waals surface area contributed by atoms with E-state index in [9.17, 15) is 4.79 Å². The van der Waals surface area contributed by atoms with E-state index in [-0.39, 0.29) is 11.3 Å². The zero-order valence-electron chi connectivity index (χ0n) is 20.3. The molecular formula is C29H34N2O3. The molecular weight excluding hydrogens is 424 g/mol. The lowest BCUT2D eigenvalue weighted by Crippen LogP contribution is -2.46. The lowest BCUT2D eigenvalue weighted by molar-refractivity contribution is -0.118. The van der Waals surface area contributed by atoms with Crippen LogP contribution < -0.4 is 15.4 Å². The van der Waals surface area contributed by atoms with E-state index in [4.69, 9.17) is 9.47 Å². The Balaban J connectivity index is 1.63. The molecule has 0 saturated carbocycles. The Morgan fingerprint density at radius 3 is 2.32 bits per heavy atom. The highest BCUT2D eigenvalue weighted by Crippen LogP contribution is 2.40. The Hall–Kier alpha value is -3.15. The fourth-order valence-corrected chi connectivity index (χ4v) is 4.70. The van der Waals surface area contributed by atoms with Crippen LogP contribution in [-0.2, 0) is 14.9 Å². The summed E-state index contributed by atoms with van der Waals surface area (Å²) in [4.78, 5) is 13.5. The second kappa shape index (κ2) is 10.9. The summed E-state index contributed by atoms with van der Waals surface area (Å²) >= 11 is 0. The molecule has 3 aromatic carbocycles. The zero-order chi connectivity index (χ0) is 24.0. The highest BCUT2D eigenvalue weighted by atomic mass is 16.5. The summed E-state index contributed by atoms with van der Waals surface area (Å²) in [5, 5.41) is 6.71. The summed E-state index contributed by atoms with van der Waals surface area (Å²) in [7, 11) is 1.72. The van der Waals surface area contributed by atoms with Crippen molar-refractivity contribution in [2.75, 3.05) is 32.2 Å². The first-order valence-corrected chi connectivity index (χ1v) is 11.9. The fourth-order valence-electron chi connectivity index (χ4n) is 4.70. The van der Waals surface area contributed by atoms with E-state index in [2.05, 4.69) is 29.7 Å². The van der Waals surface area contributed by atoms with Gasteiger partial charge in [-0.2, -0.15) is 0 Å². The number of nitrogens with one attached hydrogen (secondary N) is 2. The Labute approximate surface area is 202 Å². The first kappa shape index (κ1) is 24.0. The lowest BCUT2D eigenvalue weighted by atomic mass is 9.73. The molecule has 1 aliphatic heterocycles. The Kier molecular flexibility index (Phi) is 7.66. The molecule has 1 heterocycles. The van der Waals surface area contributed by atoms with E-state index in [1.54, 1.807) is 7.11 Å². The van der Waals surface area contributed by atoms with Crippen LogP contribution in [0.15, 0.2) is 72.8 Å². The van der Waals surface area contributed by atoms with Crippen LogP contribution >= 0.6 is 0 Å². The van der Waals surface area contributed by atoms with Gasteiger partial charge in [-0.05, 0) is 50.5 Å². The quantitative estimate of drug-likeness (QED) is 0.479. The van der Waals surface area contributed by atoms with Crippen LogP contribution in [0.2, 0.25) is 0 Å². The highest BCUT2D eigenvalue weighted by Gasteiger charge is 2.38. The average Bonchev–Trinajstić information content (AvgIpc) is 2.87. The van der Waals surface area contributed by atoms with Crippen LogP contribution in [0.4, 0.5) is 5.69 Å². The number of carbonyl (C=O) groups is 1. The lowest BCUT2D eigenvalue weighted by Gasteiger charge is -2.40. The maximum Gasteiger partial charge on any atom is 0.246 e. The summed E-state index contributed by atoms with van der Waals surface area (Å²) in [5.74, 6) is 0.808. The van der Waals surface area contributed by atoms with Crippen molar-refractivity contribution in [2.24, 2.45) is 0 Å². The number of rotatable bonds is 8. The maximum absolute atomic E-state index is 13.5. The van der Waals surface area contributed by atoms with Gasteiger partial charge in [-0.15, -0.1) is 0 Å². The molecule has 1 fully saturated rings. The normalized spacial score (nSPS) is 16.0. The average molecular weight is 459 g/mol. The largest absolute Gasteiger partial charge is 0.496 e. The van der Waals surface area contributed by atoms with Crippen molar-refractivity contribution in [2.45, 2.75) is 38.1 Å². The molecule has 0 bridgehead atoms. The third kappa shape index (κ3) is 5.49. The molecule has 1 amide bonds. The summed E-state index contributed by atoms with van der Waals surface area (Å²) in [6.45, 7) is 6.14. The number of methoxy groups -OCH3 is 1. The minimum Gasteiger partial charge on any atom is -0.496 e. The highest BCUT2D eigenvalue weighted by molar-refractivity contribution is 5.95. The third-order valence-corrected chi connectivity index (χ3v) is 6.74. The molecule has 0 aliphatic carbocycles. The molecule has 1 saturated heterocycles. The maximum atomic E-state index is 13.5. The van der Waals surface area contributed by atoms with Gasteiger partial charge in [0.1, 0.15) is 11.8 Å². The van der Waals surface area contributed by atoms with Gasteiger partial charge in [0.15, 0.2) is 0 Å². The van der Waals surface area contributed by atoms with Gasteiger partial charge in [-0.3, -0.25) is 4.79 Å². The summed E-state index contributed by atoms with van der Waals surface area (Å²) in [5.41, 5.74) is 5.07. The molecule has 34 heavy (non-hydrogen) atoms. The van der Waals surface area contributed by atoms with Crippen LogP contribution in [0, 0.1) is 13.8 Å². The van der Waals surface area contributed by atoms with E-state index < -0.39 is 6.04 Å². The number of hydrogen-bond donors (Lipinski definition) is 2. The van der Waals surface area contributed by atoms with E-state index in [0.29, 0.717) is 19.8 Å². The first-order chi connectivity index (χ1) is 16.5. The fraction of sp³-hybridized carbons (Fsp3) is 0.345. The molecule has 1 unspecified atom stereocenters. The molecule has 178 valence electrons. The summed E-state index contributed by atoms with van der Waals surface area (Å²) < 4.78 is 11.5. The van der Waals surface area contributed by atoms with Crippen molar-refractivity contribution in [3.63, 3.8) is 0 Å². The van der Waals surface area contributed by atoms with E-state index in [0.717, 1.165) is 35.4 Å². The van der Waals surface area contributed by atoms with Crippen LogP contribution in [0.5, 0.6) is 5.75 Å². The van der Waals surface area contributed by atoms with Crippen LogP contribution in [0.1, 0.15) is 41.1 Å². The van der Waals surface area contributed by atoms with Gasteiger partial charge in [0, 0.05) is 36.4 Å². The van der Waals surface area contributed by atoms with Crippen molar-refractivity contribution in [1.29, 1.82) is 0 Å². The van der Waals surface area contributed by atoms with Crippen molar-refractivity contribution in [1.82, 2.24) is 5.32 Å². The molecule has 5 heteroatoms. The van der Waals surface area contributed by atoms with Gasteiger partial charge >= 0.3 is 0 Å². The molecule has 0 spiro atoms. The number of amides is 1. The number of anilines is 1. The number of hydrogen-bond acceptors (Lipinski definition) is 4. The van der Waals surface area contributed by atoms with Crippen LogP contribution in [-0.4, -0.2) is 32.8 Å². The topological polar surface area (TPSA) is 59.6 Å². The predicted molar refractivity (Wildman–Crippen MR) is 136 cm³/mol. The van der Waals surface area contributed by atoms with E-state index in [1.807, 2.05) is 67.6 Å². The molecule has 1 atom stereocenters. The second-order valence-electron chi connectivity index (χ2n) is 9.18. The Morgan fingerprint density at radius 2 is 1.65 bits per heavy atom. The predicted octanol–water partition coefficient (Wildman–Crippen LogP) is 5.33. The zero-order valence-corrected chi connectivity index (χ0v) is 20.3. The number of aryl methyl sites for hydroxylation is 2. The smallest absolute Gasteiger partial charge is 0.246 e. The second-order valence-corrected chi connectivity index (χ2v) is 9.18. The molecule has 2 N–H and O–H groups in total. The van der Waals surface area contributed by atoms with Crippen molar-refractivity contribution in [3.05, 3.63) is 95.1 Å². The van der Waals surface area contributed by atoms with E-state index in [1.165, 1.54) is 11.1 Å². The van der Waals surface area contributed by atoms with Gasteiger partial charge in [0.05, 0.1) is 7.11 Å². The van der Waals surface area contributed by atoms with Crippen molar-refractivity contribution >= 4 is 11.6 Å². The third-order valence-electron chi connectivity index (χ3n) is 6.74. The van der Waals surface area contributed by atoms with Crippen molar-refractivity contribution in [3.8, 4) is 5.75 Å². The van der Waals surface area contributed by atoms with Crippen molar-refractivity contribution < 1.29 is 14.3 Å². The summed E-state index contributed by atoms with van der Waals surface area (Å²) in [6.07, 6.45) is 1.72. The van der Waals surface area contributed by atoms with Crippen LogP contribution in [0.3, 0.4) is 0 Å². The molecule has 0 radical (unpaired) electrons. The number of ether oxygens (including phenoxy) is 2. The minimum absolute atomic E-state index is 0.0755. The standard InChI is InChI=1S/C29H34N2O3/c1-21-9-12-24(13-10-21)31-28(32)27(23-7-5-4-6-8-23)30-20-29(15-17-34-18-16-29)25-19-22(2)11-14-26(25)33-3/h4-14,19,27,30H,15-18,20H2,1-3H3,(H,31,32). The first-order valence-electron chi connectivity index (χ1n) is 11.9. The number of benzene rings is 3. The Bertz CT molecular complexity index is 1090. The van der Waals surface area contributed by atoms with Gasteiger partial charge < -0.3 is 20.1 Å². The Morgan fingerprint density at radius 1 is 0.971 bits per heavy atom. The van der Waals surface area contributed by atoms with E-state index >= 15 is 0 Å². The summed E-state index contributed by atoms with van der Waals surface area (Å²) in [6, 6.07) is 23.6. The van der Waals surface area contributed by atoms with Gasteiger partial charge in [-0.25, -0.2) is 0 Å². The van der Waals surface area contributed by atoms with Gasteiger partial charge in [0.2, 0.25) is 5.91 Å². The monoisotopic (exact) mass is 458 g/mol. The van der Waals surface area contributed by atoms with Gasteiger partial charge in [0.25, 0.3) is 0 Å². The van der Waals surface area contributed by atoms with Gasteiger partial charge in [-0.1, -0.05) is 65.7 Å². The minimum atomic E-state index is -0.488. The molecule has 0 aromatic heterocycles. The molecule has 3 aromatic rings. The molecule has 4 rings (SSSR count). The molecule has 5 nitrogen and oxygen atoms in total. The number of carbonyl (C=O) groups excluding carboxylic acids is 1.